The highest BCUT2D eigenvalue weighted by atomic mass is 31.2. The topological polar surface area (TPSA) is 145 Å². The molecule has 2 heterocycles. The molecule has 1 unspecified atom stereocenters. The summed E-state index contributed by atoms with van der Waals surface area (Å²) in [5, 5.41) is 0. The van der Waals surface area contributed by atoms with E-state index in [1.807, 2.05) is 6.07 Å². The third kappa shape index (κ3) is 4.78. The molecule has 0 aliphatic carbocycles. The molecule has 11 heteroatoms. The maximum Gasteiger partial charge on any atom is 0.328 e. The Kier molecular flexibility index (Phi) is 5.83. The van der Waals surface area contributed by atoms with Gasteiger partial charge in [-0.1, -0.05) is 24.3 Å². The molecule has 0 saturated carbocycles. The van der Waals surface area contributed by atoms with E-state index < -0.39 is 13.1 Å². The molecule has 0 amide bonds. The molecule has 1 atom stereocenters. The zero-order valence-electron chi connectivity index (χ0n) is 15.6. The van der Waals surface area contributed by atoms with Crippen molar-refractivity contribution in [2.75, 3.05) is 32.7 Å². The maximum atomic E-state index is 12.4. The van der Waals surface area contributed by atoms with Gasteiger partial charge in [0.05, 0.1) is 13.2 Å². The number of hydrogen-bond donors (Lipinski definition) is 3. The number of imidazole rings is 1. The van der Waals surface area contributed by atoms with Crippen LogP contribution in [0.25, 0.3) is 11.2 Å². The molecule has 0 spiro atoms. The summed E-state index contributed by atoms with van der Waals surface area (Å²) in [4.78, 5) is 33.0. The lowest BCUT2D eigenvalue weighted by Gasteiger charge is -2.09. The van der Waals surface area contributed by atoms with Gasteiger partial charge in [0.1, 0.15) is 12.1 Å². The summed E-state index contributed by atoms with van der Waals surface area (Å²) >= 11 is 0. The van der Waals surface area contributed by atoms with Crippen LogP contribution >= 0.6 is 7.37 Å². The van der Waals surface area contributed by atoms with Crippen LogP contribution in [0.4, 0.5) is 5.82 Å². The molecular weight excluding hydrogens is 385 g/mol. The normalized spacial score (nSPS) is 13.5. The second-order valence-corrected chi connectivity index (χ2v) is 8.89. The molecule has 1 aromatic carbocycles. The first-order valence-corrected chi connectivity index (χ1v) is 10.8. The van der Waals surface area contributed by atoms with Crippen LogP contribution in [0.1, 0.15) is 11.1 Å². The van der Waals surface area contributed by atoms with Crippen molar-refractivity contribution in [3.05, 3.63) is 45.9 Å². The van der Waals surface area contributed by atoms with E-state index in [0.717, 1.165) is 11.1 Å². The van der Waals surface area contributed by atoms with Crippen LogP contribution in [-0.2, 0) is 22.0 Å². The summed E-state index contributed by atoms with van der Waals surface area (Å²) in [6, 6.07) is 7.22. The molecule has 0 saturated heterocycles. The predicted octanol–water partition coefficient (Wildman–Crippen LogP) is 1.18. The molecule has 0 fully saturated rings. The van der Waals surface area contributed by atoms with Gasteiger partial charge in [0.2, 0.25) is 7.37 Å². The Morgan fingerprint density at radius 2 is 2.04 bits per heavy atom. The molecule has 0 bridgehead atoms. The molecule has 3 rings (SSSR count). The fourth-order valence-corrected chi connectivity index (χ4v) is 3.68. The monoisotopic (exact) mass is 407 g/mol. The van der Waals surface area contributed by atoms with Gasteiger partial charge >= 0.3 is 11.7 Å². The first-order chi connectivity index (χ1) is 13.3. The number of nitrogens with one attached hydrogen (secondary N) is 1. The zero-order chi connectivity index (χ0) is 20.3. The van der Waals surface area contributed by atoms with Gasteiger partial charge in [-0.3, -0.25) is 9.13 Å². The third-order valence-electron chi connectivity index (χ3n) is 3.96. The average molecular weight is 407 g/mol. The Labute approximate surface area is 160 Å². The number of aromatic nitrogens is 4. The van der Waals surface area contributed by atoms with Crippen molar-refractivity contribution < 1.29 is 18.9 Å². The summed E-state index contributed by atoms with van der Waals surface area (Å²) in [5.41, 5.74) is 7.69. The standard InChI is InChI=1S/C17H22N5O5P/c1-26-6-7-27-16-20-14(18)13-15(21-16)22(17(23)19-13)9-11-4-3-5-12(8-11)10-28(2,24)25/h3-5,8H,6-7,9-10H2,1-2H3,(H,19,23)(H,24,25)(H2,18,20,21). The number of anilines is 1. The Morgan fingerprint density at radius 3 is 2.75 bits per heavy atom. The van der Waals surface area contributed by atoms with Gasteiger partial charge in [-0.15, -0.1) is 0 Å². The summed E-state index contributed by atoms with van der Waals surface area (Å²) < 4.78 is 23.4. The zero-order valence-corrected chi connectivity index (χ0v) is 16.5. The lowest BCUT2D eigenvalue weighted by atomic mass is 10.1. The first kappa shape index (κ1) is 20.1. The minimum absolute atomic E-state index is 0.0516. The molecular formula is C17H22N5O5P. The lowest BCUT2D eigenvalue weighted by Crippen LogP contribution is -2.18. The predicted molar refractivity (Wildman–Crippen MR) is 105 cm³/mol. The number of hydrogen-bond acceptors (Lipinski definition) is 7. The van der Waals surface area contributed by atoms with Crippen LogP contribution in [0, 0.1) is 0 Å². The van der Waals surface area contributed by atoms with Gasteiger partial charge < -0.3 is 25.1 Å². The van der Waals surface area contributed by atoms with E-state index in [2.05, 4.69) is 15.0 Å². The van der Waals surface area contributed by atoms with E-state index in [1.165, 1.54) is 11.2 Å². The molecule has 4 N–H and O–H groups in total. The highest BCUT2D eigenvalue weighted by molar-refractivity contribution is 7.56. The smallest absolute Gasteiger partial charge is 0.328 e. The number of nitrogens with zero attached hydrogens (tertiary/aromatic N) is 3. The number of aromatic amines is 1. The Morgan fingerprint density at radius 1 is 1.29 bits per heavy atom. The van der Waals surface area contributed by atoms with Crippen LogP contribution < -0.4 is 16.2 Å². The Balaban J connectivity index is 1.94. The molecule has 28 heavy (non-hydrogen) atoms. The number of rotatable bonds is 8. The second kappa shape index (κ2) is 8.14. The van der Waals surface area contributed by atoms with E-state index in [9.17, 15) is 14.3 Å². The summed E-state index contributed by atoms with van der Waals surface area (Å²) in [5.74, 6) is 0.106. The number of H-pyrrole nitrogens is 1. The minimum atomic E-state index is -3.19. The van der Waals surface area contributed by atoms with E-state index in [4.69, 9.17) is 15.2 Å². The maximum absolute atomic E-state index is 12.4. The summed E-state index contributed by atoms with van der Waals surface area (Å²) in [6.07, 6.45) is 0.0657. The van der Waals surface area contributed by atoms with Crippen LogP contribution in [0.3, 0.4) is 0 Å². The molecule has 150 valence electrons. The molecule has 0 radical (unpaired) electrons. The van der Waals surface area contributed by atoms with Crippen molar-refractivity contribution in [2.45, 2.75) is 12.7 Å². The summed E-state index contributed by atoms with van der Waals surface area (Å²) in [7, 11) is -1.64. The minimum Gasteiger partial charge on any atom is -0.461 e. The van der Waals surface area contributed by atoms with Crippen LogP contribution in [0.2, 0.25) is 0 Å². The van der Waals surface area contributed by atoms with E-state index >= 15 is 0 Å². The number of nitrogens with two attached hydrogens (primary N) is 1. The molecule has 0 aliphatic heterocycles. The number of ether oxygens (including phenoxy) is 2. The van der Waals surface area contributed by atoms with E-state index in [-0.39, 0.29) is 31.1 Å². The highest BCUT2D eigenvalue weighted by Gasteiger charge is 2.16. The van der Waals surface area contributed by atoms with Crippen molar-refractivity contribution in [3.63, 3.8) is 0 Å². The number of nitrogen functional groups attached to an aromatic ring is 1. The van der Waals surface area contributed by atoms with Gasteiger partial charge in [0.25, 0.3) is 0 Å². The number of benzene rings is 1. The molecule has 2 aromatic heterocycles. The lowest BCUT2D eigenvalue weighted by molar-refractivity contribution is 0.141. The third-order valence-corrected chi connectivity index (χ3v) is 4.91. The molecule has 0 aliphatic rings. The SMILES string of the molecule is COCCOc1nc(N)c2[nH]c(=O)n(Cc3cccc(CP(C)(=O)O)c3)c2n1. The molecule has 10 nitrogen and oxygen atoms in total. The van der Waals surface area contributed by atoms with Gasteiger partial charge in [-0.2, -0.15) is 9.97 Å². The second-order valence-electron chi connectivity index (χ2n) is 6.48. The fourth-order valence-electron chi connectivity index (χ4n) is 2.81. The van der Waals surface area contributed by atoms with Crippen LogP contribution in [0.5, 0.6) is 6.01 Å². The van der Waals surface area contributed by atoms with Gasteiger partial charge in [0, 0.05) is 19.9 Å². The molecule has 3 aromatic rings. The average Bonchev–Trinajstić information content (AvgIpc) is 2.91. The number of methoxy groups -OCH3 is 1. The quantitative estimate of drug-likeness (QED) is 0.373. The van der Waals surface area contributed by atoms with Gasteiger partial charge in [-0.05, 0) is 11.1 Å². The number of fused-ring (bicyclic) bond motifs is 1. The van der Waals surface area contributed by atoms with E-state index in [0.29, 0.717) is 17.8 Å². The fraction of sp³-hybridized carbons (Fsp3) is 0.353. The Hall–Kier alpha value is -2.68. The largest absolute Gasteiger partial charge is 0.461 e. The van der Waals surface area contributed by atoms with Crippen LogP contribution in [0.15, 0.2) is 29.1 Å². The Bertz CT molecular complexity index is 1090. The van der Waals surface area contributed by atoms with Crippen molar-refractivity contribution in [1.29, 1.82) is 0 Å². The van der Waals surface area contributed by atoms with E-state index in [1.54, 1.807) is 25.3 Å². The first-order valence-electron chi connectivity index (χ1n) is 8.51. The highest BCUT2D eigenvalue weighted by Crippen LogP contribution is 2.39. The summed E-state index contributed by atoms with van der Waals surface area (Å²) in [6.45, 7) is 2.13. The van der Waals surface area contributed by atoms with Crippen LogP contribution in [-0.4, -0.2) is 51.4 Å². The van der Waals surface area contributed by atoms with Crippen molar-refractivity contribution >= 4 is 24.4 Å². The van der Waals surface area contributed by atoms with Crippen molar-refractivity contribution in [2.24, 2.45) is 0 Å². The van der Waals surface area contributed by atoms with Crippen molar-refractivity contribution in [1.82, 2.24) is 19.5 Å². The van der Waals surface area contributed by atoms with Gasteiger partial charge in [-0.25, -0.2) is 4.79 Å². The van der Waals surface area contributed by atoms with Gasteiger partial charge in [0.15, 0.2) is 11.5 Å². The van der Waals surface area contributed by atoms with Crippen molar-refractivity contribution in [3.8, 4) is 6.01 Å².